The van der Waals surface area contributed by atoms with Gasteiger partial charge in [0.2, 0.25) is 0 Å². The fourth-order valence-corrected chi connectivity index (χ4v) is 3.90. The third-order valence-electron chi connectivity index (χ3n) is 5.56. The number of methoxy groups -OCH3 is 2. The molecule has 3 aromatic carbocycles. The fraction of sp³-hybridized carbons (Fsp3) is 0.115. The molecule has 0 saturated heterocycles. The molecule has 5 rings (SSSR count). The first-order valence-electron chi connectivity index (χ1n) is 10.5. The minimum absolute atomic E-state index is 0.216. The lowest BCUT2D eigenvalue weighted by molar-refractivity contribution is 0.354. The molecule has 0 aliphatic rings. The molecule has 7 heteroatoms. The number of rotatable bonds is 6. The summed E-state index contributed by atoms with van der Waals surface area (Å²) in [5, 5.41) is 6.11. The summed E-state index contributed by atoms with van der Waals surface area (Å²) in [5.41, 5.74) is 3.24. The van der Waals surface area contributed by atoms with Crippen LogP contribution in [-0.4, -0.2) is 35.1 Å². The van der Waals surface area contributed by atoms with Crippen molar-refractivity contribution in [1.29, 1.82) is 0 Å². The maximum Gasteiger partial charge on any atom is 0.282 e. The summed E-state index contributed by atoms with van der Waals surface area (Å²) in [6.45, 7) is 0. The molecule has 0 unspecified atom stereocenters. The average Bonchev–Trinajstić information content (AvgIpc) is 3.27. The van der Waals surface area contributed by atoms with Crippen molar-refractivity contribution in [3.05, 3.63) is 100 Å². The van der Waals surface area contributed by atoms with Crippen LogP contribution in [0.4, 0.5) is 0 Å². The maximum atomic E-state index is 13.3. The van der Waals surface area contributed by atoms with E-state index in [2.05, 4.69) is 10.1 Å². The second-order valence-corrected chi connectivity index (χ2v) is 7.56. The van der Waals surface area contributed by atoms with Crippen LogP contribution in [0.2, 0.25) is 0 Å². The van der Waals surface area contributed by atoms with Gasteiger partial charge in [-0.1, -0.05) is 36.4 Å². The Morgan fingerprint density at radius 1 is 0.970 bits per heavy atom. The number of nitrogens with zero attached hydrogens (tertiary/aromatic N) is 3. The first-order chi connectivity index (χ1) is 16.2. The van der Waals surface area contributed by atoms with E-state index in [0.29, 0.717) is 34.6 Å². The van der Waals surface area contributed by atoms with Crippen molar-refractivity contribution in [3.8, 4) is 11.5 Å². The van der Waals surface area contributed by atoms with Gasteiger partial charge in [-0.2, -0.15) is 9.78 Å². The molecule has 0 atom stereocenters. The number of aromatic amines is 1. The zero-order valence-electron chi connectivity index (χ0n) is 18.3. The Morgan fingerprint density at radius 2 is 1.73 bits per heavy atom. The van der Waals surface area contributed by atoms with E-state index >= 15 is 0 Å². The molecule has 0 amide bonds. The molecule has 5 aromatic rings. The highest BCUT2D eigenvalue weighted by Gasteiger charge is 2.13. The highest BCUT2D eigenvalue weighted by atomic mass is 16.5. The van der Waals surface area contributed by atoms with Crippen molar-refractivity contribution in [1.82, 2.24) is 14.6 Å². The minimum atomic E-state index is -0.216. The number of benzene rings is 3. The lowest BCUT2D eigenvalue weighted by Crippen LogP contribution is -2.22. The number of aromatic nitrogens is 3. The Morgan fingerprint density at radius 3 is 2.55 bits per heavy atom. The lowest BCUT2D eigenvalue weighted by atomic mass is 10.1. The summed E-state index contributed by atoms with van der Waals surface area (Å²) >= 11 is 0. The minimum Gasteiger partial charge on any atom is -0.493 e. The number of nitrogens with one attached hydrogen (secondary N) is 1. The van der Waals surface area contributed by atoms with Crippen LogP contribution in [0.25, 0.3) is 21.8 Å². The number of H-pyrrole nitrogens is 1. The molecular weight excluding hydrogens is 416 g/mol. The topological polar surface area (TPSA) is 81.5 Å². The molecule has 0 saturated carbocycles. The van der Waals surface area contributed by atoms with Gasteiger partial charge in [0.05, 0.1) is 31.3 Å². The van der Waals surface area contributed by atoms with Crippen LogP contribution in [0.5, 0.6) is 11.5 Å². The summed E-state index contributed by atoms with van der Waals surface area (Å²) in [6.07, 6.45) is 3.96. The summed E-state index contributed by atoms with van der Waals surface area (Å²) in [6, 6.07) is 20.9. The molecule has 0 aliphatic heterocycles. The molecule has 1 N–H and O–H groups in total. The predicted octanol–water partition coefficient (Wildman–Crippen LogP) is 4.37. The lowest BCUT2D eigenvalue weighted by Gasteiger charge is -2.12. The SMILES string of the molecule is COc1ccc(Cc2nc3ccccc3c(=O)n2N=Cc2c[nH]c3ccccc23)cc1OC. The monoisotopic (exact) mass is 438 g/mol. The first kappa shape index (κ1) is 20.5. The van der Waals surface area contributed by atoms with Crippen LogP contribution in [0.1, 0.15) is 17.0 Å². The van der Waals surface area contributed by atoms with E-state index in [9.17, 15) is 4.79 Å². The van der Waals surface area contributed by atoms with Crippen molar-refractivity contribution < 1.29 is 9.47 Å². The van der Waals surface area contributed by atoms with Gasteiger partial charge in [0.1, 0.15) is 5.82 Å². The van der Waals surface area contributed by atoms with Gasteiger partial charge in [0, 0.05) is 29.1 Å². The second kappa shape index (κ2) is 8.63. The van der Waals surface area contributed by atoms with Crippen LogP contribution in [-0.2, 0) is 6.42 Å². The summed E-state index contributed by atoms with van der Waals surface area (Å²) in [7, 11) is 3.19. The number of hydrogen-bond donors (Lipinski definition) is 1. The predicted molar refractivity (Wildman–Crippen MR) is 130 cm³/mol. The van der Waals surface area contributed by atoms with Gasteiger partial charge >= 0.3 is 0 Å². The smallest absolute Gasteiger partial charge is 0.282 e. The zero-order chi connectivity index (χ0) is 22.8. The van der Waals surface area contributed by atoms with Gasteiger partial charge in [-0.25, -0.2) is 4.98 Å². The second-order valence-electron chi connectivity index (χ2n) is 7.56. The maximum absolute atomic E-state index is 13.3. The molecule has 164 valence electrons. The highest BCUT2D eigenvalue weighted by molar-refractivity contribution is 5.98. The molecule has 0 spiro atoms. The van der Waals surface area contributed by atoms with E-state index in [0.717, 1.165) is 22.0 Å². The van der Waals surface area contributed by atoms with Gasteiger partial charge < -0.3 is 14.5 Å². The molecule has 7 nitrogen and oxygen atoms in total. The quantitative estimate of drug-likeness (QED) is 0.399. The summed E-state index contributed by atoms with van der Waals surface area (Å²) in [4.78, 5) is 21.3. The standard InChI is InChI=1S/C26H22N4O3/c1-32-23-12-11-17(13-24(23)33-2)14-25-29-22-10-6-4-8-20(22)26(31)30(25)28-16-18-15-27-21-9-5-3-7-19(18)21/h3-13,15-16,27H,14H2,1-2H3. The van der Waals surface area contributed by atoms with Gasteiger partial charge in [0.25, 0.3) is 5.56 Å². The molecule has 0 aliphatic carbocycles. The summed E-state index contributed by atoms with van der Waals surface area (Å²) < 4.78 is 12.1. The Balaban J connectivity index is 1.62. The molecule has 0 radical (unpaired) electrons. The number of fused-ring (bicyclic) bond motifs is 2. The average molecular weight is 438 g/mol. The normalized spacial score (nSPS) is 11.5. The number of ether oxygens (including phenoxy) is 2. The van der Waals surface area contributed by atoms with Crippen molar-refractivity contribution >= 4 is 28.0 Å². The van der Waals surface area contributed by atoms with Gasteiger partial charge in [-0.15, -0.1) is 0 Å². The molecule has 2 heterocycles. The number of para-hydroxylation sites is 2. The first-order valence-corrected chi connectivity index (χ1v) is 10.5. The van der Waals surface area contributed by atoms with E-state index in [4.69, 9.17) is 14.5 Å². The van der Waals surface area contributed by atoms with Gasteiger partial charge in [-0.05, 0) is 35.9 Å². The largest absolute Gasteiger partial charge is 0.493 e. The molecule has 0 bridgehead atoms. The van der Waals surface area contributed by atoms with Crippen molar-refractivity contribution in [2.45, 2.75) is 6.42 Å². The Hall–Kier alpha value is -4.39. The van der Waals surface area contributed by atoms with Crippen LogP contribution in [0.3, 0.4) is 0 Å². The van der Waals surface area contributed by atoms with Gasteiger partial charge in [0.15, 0.2) is 11.5 Å². The highest BCUT2D eigenvalue weighted by Crippen LogP contribution is 2.28. The van der Waals surface area contributed by atoms with Crippen molar-refractivity contribution in [2.75, 3.05) is 14.2 Å². The zero-order valence-corrected chi connectivity index (χ0v) is 18.3. The van der Waals surface area contributed by atoms with E-state index in [1.807, 2.05) is 66.9 Å². The third kappa shape index (κ3) is 3.85. The summed E-state index contributed by atoms with van der Waals surface area (Å²) in [5.74, 6) is 1.79. The molecule has 33 heavy (non-hydrogen) atoms. The van der Waals surface area contributed by atoms with E-state index in [1.54, 1.807) is 26.5 Å². The van der Waals surface area contributed by atoms with Crippen LogP contribution in [0, 0.1) is 0 Å². The fourth-order valence-electron chi connectivity index (χ4n) is 3.90. The molecule has 0 fully saturated rings. The Kier molecular flexibility index (Phi) is 5.36. The number of hydrogen-bond acceptors (Lipinski definition) is 5. The molecular formula is C26H22N4O3. The molecule has 2 aromatic heterocycles. The van der Waals surface area contributed by atoms with Crippen molar-refractivity contribution in [2.24, 2.45) is 5.10 Å². The third-order valence-corrected chi connectivity index (χ3v) is 5.56. The van der Waals surface area contributed by atoms with Crippen molar-refractivity contribution in [3.63, 3.8) is 0 Å². The van der Waals surface area contributed by atoms with Crippen LogP contribution < -0.4 is 15.0 Å². The Bertz CT molecular complexity index is 1550. The van der Waals surface area contributed by atoms with Gasteiger partial charge in [-0.3, -0.25) is 4.79 Å². The van der Waals surface area contributed by atoms with Crippen LogP contribution >= 0.6 is 0 Å². The van der Waals surface area contributed by atoms with Crippen LogP contribution in [0.15, 0.2) is 82.8 Å². The Labute approximate surface area is 189 Å². The van der Waals surface area contributed by atoms with E-state index in [-0.39, 0.29) is 5.56 Å². The van der Waals surface area contributed by atoms with E-state index in [1.165, 1.54) is 4.68 Å². The van der Waals surface area contributed by atoms with E-state index < -0.39 is 0 Å².